The van der Waals surface area contributed by atoms with Crippen molar-refractivity contribution in [3.63, 3.8) is 0 Å². The highest BCUT2D eigenvalue weighted by Gasteiger charge is 2.30. The van der Waals surface area contributed by atoms with Crippen molar-refractivity contribution in [3.8, 4) is 5.75 Å². The van der Waals surface area contributed by atoms with Gasteiger partial charge in [0.25, 0.3) is 5.91 Å². The van der Waals surface area contributed by atoms with Crippen molar-refractivity contribution in [2.45, 2.75) is 19.5 Å². The average molecular weight is 438 g/mol. The van der Waals surface area contributed by atoms with Gasteiger partial charge in [0.15, 0.2) is 11.6 Å². The predicted molar refractivity (Wildman–Crippen MR) is 103 cm³/mol. The first-order valence-electron chi connectivity index (χ1n) is 9.16. The van der Waals surface area contributed by atoms with E-state index in [4.69, 9.17) is 5.11 Å². The molecule has 31 heavy (non-hydrogen) atoms. The Morgan fingerprint density at radius 3 is 2.35 bits per heavy atom. The maximum atomic E-state index is 14.0. The summed E-state index contributed by atoms with van der Waals surface area (Å²) in [7, 11) is 0. The molecule has 0 saturated heterocycles. The SMILES string of the molecule is Cc1c(CC(=O)NCCO)c2cc(O)c(F)cc2n1C(=O)c1ccc(C(F)(F)F)cc1. The van der Waals surface area contributed by atoms with Gasteiger partial charge in [-0.25, -0.2) is 4.39 Å². The highest BCUT2D eigenvalue weighted by molar-refractivity contribution is 6.05. The fourth-order valence-corrected chi connectivity index (χ4v) is 3.32. The minimum Gasteiger partial charge on any atom is -0.505 e. The average Bonchev–Trinajstić information content (AvgIpc) is 2.96. The second kappa shape index (κ2) is 8.38. The molecule has 0 atom stereocenters. The molecule has 1 aromatic heterocycles. The molecule has 0 unspecified atom stereocenters. The van der Waals surface area contributed by atoms with Crippen LogP contribution in [0.3, 0.4) is 0 Å². The summed E-state index contributed by atoms with van der Waals surface area (Å²) in [5.41, 5.74) is -0.333. The van der Waals surface area contributed by atoms with Crippen LogP contribution in [0, 0.1) is 12.7 Å². The van der Waals surface area contributed by atoms with Crippen molar-refractivity contribution in [3.05, 3.63) is 64.6 Å². The van der Waals surface area contributed by atoms with E-state index in [1.165, 1.54) is 6.92 Å². The number of halogens is 4. The number of aliphatic hydroxyl groups excluding tert-OH is 1. The third-order valence-electron chi connectivity index (χ3n) is 4.84. The van der Waals surface area contributed by atoms with Crippen LogP contribution < -0.4 is 5.32 Å². The van der Waals surface area contributed by atoms with E-state index in [1.807, 2.05) is 0 Å². The normalized spacial score (nSPS) is 11.7. The summed E-state index contributed by atoms with van der Waals surface area (Å²) in [6, 6.07) is 5.58. The first kappa shape index (κ1) is 22.3. The van der Waals surface area contributed by atoms with E-state index in [1.54, 1.807) is 0 Å². The fraction of sp³-hybridized carbons (Fsp3) is 0.238. The highest BCUT2D eigenvalue weighted by Crippen LogP contribution is 2.33. The molecule has 0 radical (unpaired) electrons. The Hall–Kier alpha value is -3.40. The summed E-state index contributed by atoms with van der Waals surface area (Å²) in [4.78, 5) is 25.2. The Balaban J connectivity index is 2.11. The van der Waals surface area contributed by atoms with Crippen molar-refractivity contribution in [2.75, 3.05) is 13.2 Å². The minimum atomic E-state index is -4.56. The molecule has 0 saturated carbocycles. The van der Waals surface area contributed by atoms with E-state index >= 15 is 0 Å². The van der Waals surface area contributed by atoms with Gasteiger partial charge in [0.05, 0.1) is 24.1 Å². The van der Waals surface area contributed by atoms with Gasteiger partial charge in [-0.15, -0.1) is 0 Å². The first-order chi connectivity index (χ1) is 14.5. The number of nitrogens with one attached hydrogen (secondary N) is 1. The maximum Gasteiger partial charge on any atom is 0.416 e. The van der Waals surface area contributed by atoms with Gasteiger partial charge in [0, 0.05) is 29.3 Å². The Kier molecular flexibility index (Phi) is 6.03. The third kappa shape index (κ3) is 4.38. The standard InChI is InChI=1S/C21H18F4N2O4/c1-11-14(9-19(30)26-6-7-28)15-8-18(29)16(22)10-17(15)27(11)20(31)12-2-4-13(5-3-12)21(23,24)25/h2-5,8,10,28-29H,6-7,9H2,1H3,(H,26,30). The van der Waals surface area contributed by atoms with Gasteiger partial charge in [-0.05, 0) is 42.8 Å². The van der Waals surface area contributed by atoms with Crippen LogP contribution in [0.15, 0.2) is 36.4 Å². The molecule has 1 heterocycles. The number of alkyl halides is 3. The molecule has 10 heteroatoms. The van der Waals surface area contributed by atoms with E-state index in [0.29, 0.717) is 5.56 Å². The first-order valence-corrected chi connectivity index (χ1v) is 9.16. The zero-order chi connectivity index (χ0) is 22.9. The Morgan fingerprint density at radius 2 is 1.77 bits per heavy atom. The van der Waals surface area contributed by atoms with Gasteiger partial charge >= 0.3 is 6.18 Å². The maximum absolute atomic E-state index is 14.0. The number of phenolic OH excluding ortho intramolecular Hbond substituents is 1. The molecule has 3 N–H and O–H groups in total. The van der Waals surface area contributed by atoms with Crippen LogP contribution in [0.5, 0.6) is 5.75 Å². The van der Waals surface area contributed by atoms with Crippen molar-refractivity contribution in [1.29, 1.82) is 0 Å². The number of carbonyl (C=O) groups excluding carboxylic acids is 2. The van der Waals surface area contributed by atoms with Gasteiger partial charge in [0.2, 0.25) is 5.91 Å². The Labute approximate surface area is 173 Å². The molecule has 3 aromatic rings. The molecule has 0 spiro atoms. The van der Waals surface area contributed by atoms with Gasteiger partial charge in [-0.1, -0.05) is 0 Å². The summed E-state index contributed by atoms with van der Waals surface area (Å²) in [5.74, 6) is -2.86. The molecular weight excluding hydrogens is 420 g/mol. The van der Waals surface area contributed by atoms with Gasteiger partial charge < -0.3 is 15.5 Å². The van der Waals surface area contributed by atoms with Crippen LogP contribution in [-0.2, 0) is 17.4 Å². The number of aromatic nitrogens is 1. The number of fused-ring (bicyclic) bond motifs is 1. The molecule has 164 valence electrons. The van der Waals surface area contributed by atoms with E-state index < -0.39 is 35.1 Å². The Morgan fingerprint density at radius 1 is 1.13 bits per heavy atom. The highest BCUT2D eigenvalue weighted by atomic mass is 19.4. The van der Waals surface area contributed by atoms with E-state index in [-0.39, 0.29) is 41.7 Å². The van der Waals surface area contributed by atoms with E-state index in [0.717, 1.165) is 41.0 Å². The van der Waals surface area contributed by atoms with Crippen molar-refractivity contribution in [1.82, 2.24) is 9.88 Å². The van der Waals surface area contributed by atoms with E-state index in [9.17, 15) is 32.3 Å². The van der Waals surface area contributed by atoms with Crippen molar-refractivity contribution < 1.29 is 37.4 Å². The monoisotopic (exact) mass is 438 g/mol. The zero-order valence-corrected chi connectivity index (χ0v) is 16.3. The molecule has 6 nitrogen and oxygen atoms in total. The lowest BCUT2D eigenvalue weighted by Crippen LogP contribution is -2.28. The topological polar surface area (TPSA) is 91.6 Å². The molecular formula is C21H18F4N2O4. The molecule has 1 amide bonds. The van der Waals surface area contributed by atoms with Crippen LogP contribution in [0.1, 0.15) is 27.2 Å². The number of nitrogens with zero attached hydrogens (tertiary/aromatic N) is 1. The number of amides is 1. The molecule has 0 bridgehead atoms. The summed E-state index contributed by atoms with van der Waals surface area (Å²) in [5, 5.41) is 21.3. The summed E-state index contributed by atoms with van der Waals surface area (Å²) in [6.45, 7) is 1.25. The van der Waals surface area contributed by atoms with Crippen LogP contribution >= 0.6 is 0 Å². The molecule has 0 aliphatic carbocycles. The third-order valence-corrected chi connectivity index (χ3v) is 4.84. The number of hydrogen-bond donors (Lipinski definition) is 3. The number of hydrogen-bond acceptors (Lipinski definition) is 4. The lowest BCUT2D eigenvalue weighted by Gasteiger charge is -2.10. The smallest absolute Gasteiger partial charge is 0.416 e. The summed E-state index contributed by atoms with van der Waals surface area (Å²) in [6.07, 6.45) is -4.78. The van der Waals surface area contributed by atoms with Gasteiger partial charge in [-0.3, -0.25) is 14.2 Å². The Bertz CT molecular complexity index is 1150. The number of benzene rings is 2. The number of aromatic hydroxyl groups is 1. The largest absolute Gasteiger partial charge is 0.505 e. The predicted octanol–water partition coefficient (Wildman–Crippen LogP) is 3.15. The molecule has 3 rings (SSSR count). The molecule has 0 aliphatic heterocycles. The minimum absolute atomic E-state index is 0.0148. The lowest BCUT2D eigenvalue weighted by molar-refractivity contribution is -0.137. The van der Waals surface area contributed by atoms with E-state index in [2.05, 4.69) is 5.32 Å². The second-order valence-corrected chi connectivity index (χ2v) is 6.85. The second-order valence-electron chi connectivity index (χ2n) is 6.85. The summed E-state index contributed by atoms with van der Waals surface area (Å²) >= 11 is 0. The lowest BCUT2D eigenvalue weighted by atomic mass is 10.1. The number of rotatable bonds is 5. The summed E-state index contributed by atoms with van der Waals surface area (Å²) < 4.78 is 53.5. The van der Waals surface area contributed by atoms with Crippen LogP contribution in [0.4, 0.5) is 17.6 Å². The van der Waals surface area contributed by atoms with Gasteiger partial charge in [-0.2, -0.15) is 13.2 Å². The molecule has 0 fully saturated rings. The van der Waals surface area contributed by atoms with Crippen LogP contribution in [-0.4, -0.2) is 39.7 Å². The molecule has 0 aliphatic rings. The number of phenols is 1. The number of carbonyl (C=O) groups is 2. The fourth-order valence-electron chi connectivity index (χ4n) is 3.32. The molecule has 2 aromatic carbocycles. The van der Waals surface area contributed by atoms with Gasteiger partial charge in [0.1, 0.15) is 0 Å². The van der Waals surface area contributed by atoms with Crippen molar-refractivity contribution in [2.24, 2.45) is 0 Å². The van der Waals surface area contributed by atoms with Crippen molar-refractivity contribution >= 4 is 22.7 Å². The quantitative estimate of drug-likeness (QED) is 0.534. The zero-order valence-electron chi connectivity index (χ0n) is 16.3. The number of aliphatic hydroxyl groups is 1. The van der Waals surface area contributed by atoms with Crippen LogP contribution in [0.25, 0.3) is 10.9 Å². The van der Waals surface area contributed by atoms with Crippen LogP contribution in [0.2, 0.25) is 0 Å².